The van der Waals surface area contributed by atoms with E-state index in [4.69, 9.17) is 4.74 Å². The van der Waals surface area contributed by atoms with E-state index in [1.807, 2.05) is 0 Å². The van der Waals surface area contributed by atoms with Gasteiger partial charge in [0, 0.05) is 12.1 Å². The third-order valence-electron chi connectivity index (χ3n) is 1.88. The second kappa shape index (κ2) is 6.19. The number of alkyl halides is 3. The smallest absolute Gasteiger partial charge is 0.458 e. The third kappa shape index (κ3) is 5.05. The summed E-state index contributed by atoms with van der Waals surface area (Å²) in [5.41, 5.74) is -5.31. The van der Waals surface area contributed by atoms with Crippen LogP contribution in [0.2, 0.25) is 0 Å². The standard InChI is InChI=1S/C9H14F3NO4S/c1-4-7(17-8(14)6(2)3)5-13-18(15,16)9(10,11)12/h7,13H,2,4-5H2,1,3H3. The summed E-state index contributed by atoms with van der Waals surface area (Å²) in [5, 5.41) is 0. The number of carbonyl (C=O) groups is 1. The Kier molecular flexibility index (Phi) is 5.81. The van der Waals surface area contributed by atoms with Crippen molar-refractivity contribution in [1.82, 2.24) is 4.72 Å². The molecular weight excluding hydrogens is 275 g/mol. The SMILES string of the molecule is C=C(C)C(=O)OC(CC)CNS(=O)(=O)C(F)(F)F. The molecule has 0 heterocycles. The van der Waals surface area contributed by atoms with Gasteiger partial charge in [-0.05, 0) is 13.3 Å². The molecule has 0 amide bonds. The first-order chi connectivity index (χ1) is 8.01. The van der Waals surface area contributed by atoms with Crippen LogP contribution in [-0.4, -0.2) is 32.5 Å². The van der Waals surface area contributed by atoms with Crippen molar-refractivity contribution in [3.63, 3.8) is 0 Å². The molecule has 0 fully saturated rings. The van der Waals surface area contributed by atoms with Crippen molar-refractivity contribution in [3.05, 3.63) is 12.2 Å². The van der Waals surface area contributed by atoms with Gasteiger partial charge in [-0.15, -0.1) is 0 Å². The molecule has 106 valence electrons. The summed E-state index contributed by atoms with van der Waals surface area (Å²) >= 11 is 0. The first-order valence-electron chi connectivity index (χ1n) is 4.93. The number of nitrogens with one attached hydrogen (secondary N) is 1. The van der Waals surface area contributed by atoms with Crippen molar-refractivity contribution in [2.75, 3.05) is 6.54 Å². The van der Waals surface area contributed by atoms with Gasteiger partial charge in [0.1, 0.15) is 6.10 Å². The van der Waals surface area contributed by atoms with Crippen molar-refractivity contribution >= 4 is 16.0 Å². The maximum absolute atomic E-state index is 12.0. The van der Waals surface area contributed by atoms with Gasteiger partial charge in [-0.3, -0.25) is 0 Å². The van der Waals surface area contributed by atoms with Crippen LogP contribution in [0.1, 0.15) is 20.3 Å². The van der Waals surface area contributed by atoms with E-state index < -0.39 is 34.1 Å². The average Bonchev–Trinajstić information content (AvgIpc) is 2.21. The molecule has 0 aliphatic carbocycles. The minimum atomic E-state index is -5.42. The molecule has 0 aromatic carbocycles. The summed E-state index contributed by atoms with van der Waals surface area (Å²) in [6.07, 6.45) is -0.814. The molecule has 1 atom stereocenters. The Morgan fingerprint density at radius 1 is 1.44 bits per heavy atom. The lowest BCUT2D eigenvalue weighted by Crippen LogP contribution is -2.41. The van der Waals surface area contributed by atoms with E-state index in [0.29, 0.717) is 0 Å². The first-order valence-corrected chi connectivity index (χ1v) is 6.42. The average molecular weight is 289 g/mol. The highest BCUT2D eigenvalue weighted by atomic mass is 32.2. The lowest BCUT2D eigenvalue weighted by atomic mass is 10.3. The molecule has 18 heavy (non-hydrogen) atoms. The normalized spacial score (nSPS) is 14.1. The molecule has 0 spiro atoms. The minimum Gasteiger partial charge on any atom is -0.458 e. The van der Waals surface area contributed by atoms with Crippen LogP contribution < -0.4 is 4.72 Å². The fourth-order valence-electron chi connectivity index (χ4n) is 0.806. The zero-order valence-corrected chi connectivity index (χ0v) is 10.7. The highest BCUT2D eigenvalue weighted by Crippen LogP contribution is 2.21. The lowest BCUT2D eigenvalue weighted by Gasteiger charge is -2.17. The van der Waals surface area contributed by atoms with Crippen LogP contribution in [0.4, 0.5) is 13.2 Å². The monoisotopic (exact) mass is 289 g/mol. The summed E-state index contributed by atoms with van der Waals surface area (Å²) in [7, 11) is -5.42. The van der Waals surface area contributed by atoms with E-state index in [0.717, 1.165) is 0 Å². The summed E-state index contributed by atoms with van der Waals surface area (Å²) in [5.74, 6) is -0.784. The number of ether oxygens (including phenoxy) is 1. The molecule has 0 aliphatic heterocycles. The second-order valence-corrected chi connectivity index (χ2v) is 5.27. The van der Waals surface area contributed by atoms with Crippen molar-refractivity contribution in [2.45, 2.75) is 31.9 Å². The summed E-state index contributed by atoms with van der Waals surface area (Å²) in [6.45, 7) is 5.57. The predicted octanol–water partition coefficient (Wildman–Crippen LogP) is 1.32. The van der Waals surface area contributed by atoms with Crippen LogP contribution in [0.3, 0.4) is 0 Å². The summed E-state index contributed by atoms with van der Waals surface area (Å²) in [6, 6.07) is 0. The predicted molar refractivity (Wildman–Crippen MR) is 58.0 cm³/mol. The molecular formula is C9H14F3NO4S. The van der Waals surface area contributed by atoms with E-state index in [-0.39, 0.29) is 12.0 Å². The molecule has 9 heteroatoms. The highest BCUT2D eigenvalue weighted by Gasteiger charge is 2.45. The van der Waals surface area contributed by atoms with Gasteiger partial charge in [-0.1, -0.05) is 13.5 Å². The Morgan fingerprint density at radius 3 is 2.28 bits per heavy atom. The molecule has 0 aliphatic rings. The Morgan fingerprint density at radius 2 is 1.94 bits per heavy atom. The Balaban J connectivity index is 4.51. The number of rotatable bonds is 6. The minimum absolute atomic E-state index is 0.0760. The lowest BCUT2D eigenvalue weighted by molar-refractivity contribution is -0.144. The van der Waals surface area contributed by atoms with Crippen molar-refractivity contribution < 1.29 is 31.1 Å². The van der Waals surface area contributed by atoms with Gasteiger partial charge in [0.15, 0.2) is 0 Å². The Hall–Kier alpha value is -1.09. The molecule has 5 nitrogen and oxygen atoms in total. The van der Waals surface area contributed by atoms with E-state index >= 15 is 0 Å². The van der Waals surface area contributed by atoms with E-state index in [2.05, 4.69) is 6.58 Å². The van der Waals surface area contributed by atoms with Crippen LogP contribution >= 0.6 is 0 Å². The van der Waals surface area contributed by atoms with Crippen LogP contribution in [-0.2, 0) is 19.6 Å². The molecule has 1 N–H and O–H groups in total. The number of halogens is 3. The van der Waals surface area contributed by atoms with Crippen LogP contribution in [0.5, 0.6) is 0 Å². The number of esters is 1. The second-order valence-electron chi connectivity index (χ2n) is 3.51. The molecule has 0 saturated carbocycles. The maximum Gasteiger partial charge on any atom is 0.511 e. The number of carbonyl (C=O) groups excluding carboxylic acids is 1. The largest absolute Gasteiger partial charge is 0.511 e. The van der Waals surface area contributed by atoms with Gasteiger partial charge in [0.2, 0.25) is 0 Å². The molecule has 0 aromatic heterocycles. The number of sulfonamides is 1. The van der Waals surface area contributed by atoms with Crippen molar-refractivity contribution in [2.24, 2.45) is 0 Å². The molecule has 0 saturated heterocycles. The van der Waals surface area contributed by atoms with Gasteiger partial charge < -0.3 is 4.74 Å². The van der Waals surface area contributed by atoms with E-state index in [9.17, 15) is 26.4 Å². The van der Waals surface area contributed by atoms with Gasteiger partial charge in [0.25, 0.3) is 0 Å². The zero-order chi connectivity index (χ0) is 14.6. The van der Waals surface area contributed by atoms with Crippen LogP contribution in [0.25, 0.3) is 0 Å². The fraction of sp³-hybridized carbons (Fsp3) is 0.667. The van der Waals surface area contributed by atoms with Crippen molar-refractivity contribution in [1.29, 1.82) is 0 Å². The zero-order valence-electron chi connectivity index (χ0n) is 9.87. The molecule has 1 unspecified atom stereocenters. The van der Waals surface area contributed by atoms with Gasteiger partial charge in [-0.25, -0.2) is 17.9 Å². The summed E-state index contributed by atoms with van der Waals surface area (Å²) < 4.78 is 63.5. The van der Waals surface area contributed by atoms with E-state index in [1.54, 1.807) is 0 Å². The first kappa shape index (κ1) is 16.9. The van der Waals surface area contributed by atoms with Crippen molar-refractivity contribution in [3.8, 4) is 0 Å². The van der Waals surface area contributed by atoms with Crippen LogP contribution in [0, 0.1) is 0 Å². The van der Waals surface area contributed by atoms with E-state index in [1.165, 1.54) is 18.6 Å². The molecule has 0 aromatic rings. The van der Waals surface area contributed by atoms with Crippen LogP contribution in [0.15, 0.2) is 12.2 Å². The Labute approximate surface area is 103 Å². The summed E-state index contributed by atoms with van der Waals surface area (Å²) in [4.78, 5) is 11.1. The quantitative estimate of drug-likeness (QED) is 0.591. The number of hydrogen-bond acceptors (Lipinski definition) is 4. The fourth-order valence-corrected chi connectivity index (χ4v) is 1.37. The topological polar surface area (TPSA) is 72.5 Å². The molecule has 0 rings (SSSR count). The van der Waals surface area contributed by atoms with Gasteiger partial charge in [0.05, 0.1) is 0 Å². The highest BCUT2D eigenvalue weighted by molar-refractivity contribution is 7.90. The molecule has 0 bridgehead atoms. The maximum atomic E-state index is 12.0. The van der Waals surface area contributed by atoms with Gasteiger partial charge >= 0.3 is 21.5 Å². The molecule has 0 radical (unpaired) electrons. The third-order valence-corrected chi connectivity index (χ3v) is 3.04. The van der Waals surface area contributed by atoms with Gasteiger partial charge in [-0.2, -0.15) is 13.2 Å². The number of hydrogen-bond donors (Lipinski definition) is 1. The Bertz CT molecular complexity index is 416.